The van der Waals surface area contributed by atoms with Gasteiger partial charge >= 0.3 is 0 Å². The molecule has 0 atom stereocenters. The first kappa shape index (κ1) is 29.7. The van der Waals surface area contributed by atoms with E-state index in [1.54, 1.807) is 0 Å². The fourth-order valence-electron chi connectivity index (χ4n) is 9.07. The van der Waals surface area contributed by atoms with E-state index in [1.807, 2.05) is 11.3 Å². The largest absolute Gasteiger partial charge is 0.135 e. The van der Waals surface area contributed by atoms with Crippen LogP contribution in [0.3, 0.4) is 0 Å². The summed E-state index contributed by atoms with van der Waals surface area (Å²) in [4.78, 5) is 0. The number of fused-ring (bicyclic) bond motifs is 9. The zero-order valence-electron chi connectivity index (χ0n) is 29.1. The van der Waals surface area contributed by atoms with Crippen molar-refractivity contribution < 1.29 is 0 Å². The fraction of sp³-hybridized carbons (Fsp3) is 0.0588. The zero-order valence-corrected chi connectivity index (χ0v) is 29.9. The SMILES string of the molecule is CC1(C)c2ccc(-c3ccc(-c4c5ccccc5c(-c5ccccc5)c5ccccc45)cc3)cc2-c2cc3sc4cc5ccccc5cc4c3cc21. The second kappa shape index (κ2) is 11.0. The van der Waals surface area contributed by atoms with Crippen molar-refractivity contribution in [2.45, 2.75) is 19.3 Å². The van der Waals surface area contributed by atoms with E-state index in [0.29, 0.717) is 0 Å². The molecule has 0 amide bonds. The molecule has 0 aliphatic heterocycles. The van der Waals surface area contributed by atoms with Gasteiger partial charge in [0, 0.05) is 25.6 Å². The summed E-state index contributed by atoms with van der Waals surface area (Å²) in [5, 5.41) is 10.5. The van der Waals surface area contributed by atoms with Crippen LogP contribution in [0.15, 0.2) is 170 Å². The van der Waals surface area contributed by atoms with Gasteiger partial charge in [0.15, 0.2) is 0 Å². The lowest BCUT2D eigenvalue weighted by Gasteiger charge is -2.21. The molecule has 244 valence electrons. The van der Waals surface area contributed by atoms with Gasteiger partial charge in [0.2, 0.25) is 0 Å². The normalized spacial score (nSPS) is 13.3. The summed E-state index contributed by atoms with van der Waals surface area (Å²) in [5.41, 5.74) is 13.1. The molecule has 0 radical (unpaired) electrons. The monoisotopic (exact) mass is 678 g/mol. The number of thiophene rings is 1. The van der Waals surface area contributed by atoms with E-state index in [-0.39, 0.29) is 5.41 Å². The molecule has 0 unspecified atom stereocenters. The van der Waals surface area contributed by atoms with Crippen LogP contribution in [0.25, 0.3) is 97.0 Å². The van der Waals surface area contributed by atoms with E-state index in [9.17, 15) is 0 Å². The Bertz CT molecular complexity index is 3010. The maximum atomic E-state index is 2.49. The van der Waals surface area contributed by atoms with E-state index >= 15 is 0 Å². The predicted octanol–water partition coefficient (Wildman–Crippen LogP) is 14.8. The summed E-state index contributed by atoms with van der Waals surface area (Å²) in [6.45, 7) is 4.78. The lowest BCUT2D eigenvalue weighted by molar-refractivity contribution is 0.661. The van der Waals surface area contributed by atoms with E-state index in [0.717, 1.165) is 0 Å². The zero-order chi connectivity index (χ0) is 34.6. The van der Waals surface area contributed by atoms with Crippen molar-refractivity contribution in [2.24, 2.45) is 0 Å². The maximum absolute atomic E-state index is 2.49. The van der Waals surface area contributed by atoms with Gasteiger partial charge < -0.3 is 0 Å². The average Bonchev–Trinajstić information content (AvgIpc) is 3.65. The molecule has 0 spiro atoms. The van der Waals surface area contributed by atoms with Crippen LogP contribution in [0.4, 0.5) is 0 Å². The second-order valence-electron chi connectivity index (χ2n) is 14.9. The van der Waals surface area contributed by atoms with Crippen LogP contribution in [0.2, 0.25) is 0 Å². The van der Waals surface area contributed by atoms with Crippen molar-refractivity contribution >= 4 is 63.8 Å². The Morgan fingerprint density at radius 3 is 1.48 bits per heavy atom. The van der Waals surface area contributed by atoms with Crippen molar-refractivity contribution in [1.29, 1.82) is 0 Å². The fourth-order valence-corrected chi connectivity index (χ4v) is 10.2. The van der Waals surface area contributed by atoms with Crippen LogP contribution >= 0.6 is 11.3 Å². The molecule has 0 nitrogen and oxygen atoms in total. The van der Waals surface area contributed by atoms with Gasteiger partial charge in [0.1, 0.15) is 0 Å². The molecule has 52 heavy (non-hydrogen) atoms. The van der Waals surface area contributed by atoms with Gasteiger partial charge in [-0.05, 0) is 118 Å². The molecule has 9 aromatic carbocycles. The van der Waals surface area contributed by atoms with Crippen LogP contribution < -0.4 is 0 Å². The lowest BCUT2D eigenvalue weighted by Crippen LogP contribution is -2.14. The third-order valence-corrected chi connectivity index (χ3v) is 12.8. The molecule has 11 rings (SSSR count). The van der Waals surface area contributed by atoms with Gasteiger partial charge in [0.05, 0.1) is 0 Å². The van der Waals surface area contributed by atoms with Crippen LogP contribution in [-0.4, -0.2) is 0 Å². The molecule has 1 heteroatoms. The van der Waals surface area contributed by atoms with Crippen molar-refractivity contribution in [3.63, 3.8) is 0 Å². The molecule has 0 saturated carbocycles. The first-order chi connectivity index (χ1) is 25.5. The van der Waals surface area contributed by atoms with Crippen molar-refractivity contribution in [2.75, 3.05) is 0 Å². The Balaban J connectivity index is 1.03. The average molecular weight is 679 g/mol. The van der Waals surface area contributed by atoms with Crippen molar-refractivity contribution in [3.8, 4) is 44.5 Å². The second-order valence-corrected chi connectivity index (χ2v) is 15.9. The van der Waals surface area contributed by atoms with Crippen molar-refractivity contribution in [3.05, 3.63) is 181 Å². The van der Waals surface area contributed by atoms with Gasteiger partial charge in [-0.15, -0.1) is 11.3 Å². The van der Waals surface area contributed by atoms with Gasteiger partial charge in [-0.2, -0.15) is 0 Å². The molecule has 1 aliphatic carbocycles. The summed E-state index contributed by atoms with van der Waals surface area (Å²) in [5.74, 6) is 0. The van der Waals surface area contributed by atoms with E-state index in [4.69, 9.17) is 0 Å². The standard InChI is InChI=1S/C51H34S/c1-51(2)45-25-24-36(26-41(45)42-30-48-44(29-46(42)51)43-27-34-14-6-7-15-35(34)28-47(43)52-48)31-20-22-33(23-21-31)50-39-18-10-8-16-37(39)49(32-12-4-3-5-13-32)38-17-9-11-19-40(38)50/h3-30H,1-2H3. The predicted molar refractivity (Wildman–Crippen MR) is 226 cm³/mol. The number of hydrogen-bond acceptors (Lipinski definition) is 1. The third kappa shape index (κ3) is 4.27. The Kier molecular flexibility index (Phi) is 6.27. The number of benzene rings is 9. The molecule has 0 N–H and O–H groups in total. The quantitative estimate of drug-likeness (QED) is 0.163. The van der Waals surface area contributed by atoms with Crippen molar-refractivity contribution in [1.82, 2.24) is 0 Å². The van der Waals surface area contributed by atoms with Crippen LogP contribution in [0.1, 0.15) is 25.0 Å². The number of hydrogen-bond donors (Lipinski definition) is 0. The minimum atomic E-state index is -0.0691. The molecule has 10 aromatic rings. The van der Waals surface area contributed by atoms with E-state index < -0.39 is 0 Å². The first-order valence-corrected chi connectivity index (χ1v) is 19.0. The topological polar surface area (TPSA) is 0 Å². The van der Waals surface area contributed by atoms with Gasteiger partial charge in [-0.25, -0.2) is 0 Å². The molecule has 0 fully saturated rings. The summed E-state index contributed by atoms with van der Waals surface area (Å²) in [6, 6.07) is 63.4. The first-order valence-electron chi connectivity index (χ1n) is 18.2. The lowest BCUT2D eigenvalue weighted by atomic mass is 9.81. The highest BCUT2D eigenvalue weighted by atomic mass is 32.1. The summed E-state index contributed by atoms with van der Waals surface area (Å²) in [7, 11) is 0. The Morgan fingerprint density at radius 1 is 0.346 bits per heavy atom. The number of rotatable bonds is 3. The molecule has 0 bridgehead atoms. The smallest absolute Gasteiger partial charge is 0.0361 e. The molecule has 1 aliphatic rings. The minimum Gasteiger partial charge on any atom is -0.135 e. The molecule has 1 heterocycles. The summed E-state index contributed by atoms with van der Waals surface area (Å²) >= 11 is 1.92. The molecule has 1 aromatic heterocycles. The van der Waals surface area contributed by atoms with Crippen LogP contribution in [-0.2, 0) is 5.41 Å². The van der Waals surface area contributed by atoms with Crippen LogP contribution in [0, 0.1) is 0 Å². The third-order valence-electron chi connectivity index (χ3n) is 11.6. The molecular formula is C51H34S. The van der Waals surface area contributed by atoms with Gasteiger partial charge in [-0.1, -0.05) is 153 Å². The highest BCUT2D eigenvalue weighted by molar-refractivity contribution is 7.26. The molecule has 0 saturated heterocycles. The van der Waals surface area contributed by atoms with E-state index in [1.165, 1.54) is 108 Å². The summed E-state index contributed by atoms with van der Waals surface area (Å²) < 4.78 is 2.72. The van der Waals surface area contributed by atoms with E-state index in [2.05, 4.69) is 184 Å². The minimum absolute atomic E-state index is 0.0691. The van der Waals surface area contributed by atoms with Gasteiger partial charge in [-0.3, -0.25) is 0 Å². The molecular weight excluding hydrogens is 645 g/mol. The highest BCUT2D eigenvalue weighted by Gasteiger charge is 2.36. The Labute approximate surface area is 307 Å². The Hall–Kier alpha value is -6.02. The van der Waals surface area contributed by atoms with Gasteiger partial charge in [0.25, 0.3) is 0 Å². The Morgan fingerprint density at radius 2 is 0.827 bits per heavy atom. The highest BCUT2D eigenvalue weighted by Crippen LogP contribution is 2.53. The van der Waals surface area contributed by atoms with Crippen LogP contribution in [0.5, 0.6) is 0 Å². The maximum Gasteiger partial charge on any atom is 0.0361 e. The summed E-state index contributed by atoms with van der Waals surface area (Å²) in [6.07, 6.45) is 0.